The largest absolute Gasteiger partial charge is 0.106 e. The van der Waals surface area contributed by atoms with Crippen molar-refractivity contribution in [3.8, 4) is 0 Å². The van der Waals surface area contributed by atoms with Crippen LogP contribution in [0.15, 0.2) is 0 Å². The van der Waals surface area contributed by atoms with Gasteiger partial charge < -0.3 is 0 Å². The Morgan fingerprint density at radius 1 is 0.875 bits per heavy atom. The highest BCUT2D eigenvalue weighted by Crippen LogP contribution is 2.64. The van der Waals surface area contributed by atoms with Crippen LogP contribution in [0.3, 0.4) is 0 Å². The van der Waals surface area contributed by atoms with E-state index in [1.54, 1.807) is 51.4 Å². The SMILES string of the molecule is BCC1CCC12CCCC1(CCC1B)CC2. The van der Waals surface area contributed by atoms with Gasteiger partial charge in [-0.15, -0.1) is 0 Å². The Morgan fingerprint density at radius 3 is 2.06 bits per heavy atom. The van der Waals surface area contributed by atoms with Crippen molar-refractivity contribution in [1.82, 2.24) is 0 Å². The minimum atomic E-state index is 0.817. The zero-order valence-electron chi connectivity index (χ0n) is 11.2. The Labute approximate surface area is 103 Å². The summed E-state index contributed by atoms with van der Waals surface area (Å²) in [5.74, 6) is 2.14. The van der Waals surface area contributed by atoms with E-state index in [-0.39, 0.29) is 0 Å². The summed E-state index contributed by atoms with van der Waals surface area (Å²) in [6.45, 7) is 0. The average molecular weight is 216 g/mol. The Hall–Kier alpha value is 0.130. The molecular weight excluding hydrogens is 190 g/mol. The maximum Gasteiger partial charge on any atom is 0.106 e. The van der Waals surface area contributed by atoms with E-state index < -0.39 is 0 Å². The minimum Gasteiger partial charge on any atom is -0.0778 e. The molecule has 0 aromatic heterocycles. The van der Waals surface area contributed by atoms with Crippen LogP contribution < -0.4 is 0 Å². The van der Waals surface area contributed by atoms with Crippen LogP contribution in [-0.4, -0.2) is 15.7 Å². The van der Waals surface area contributed by atoms with E-state index in [0.717, 1.165) is 22.6 Å². The van der Waals surface area contributed by atoms with Gasteiger partial charge in [0.05, 0.1) is 0 Å². The third kappa shape index (κ3) is 1.44. The second-order valence-electron chi connectivity index (χ2n) is 7.16. The molecule has 0 radical (unpaired) electrons. The summed E-state index contributed by atoms with van der Waals surface area (Å²) in [5, 5.41) is 0. The summed E-state index contributed by atoms with van der Waals surface area (Å²) < 4.78 is 0. The van der Waals surface area contributed by atoms with Gasteiger partial charge in [-0.05, 0) is 55.3 Å². The molecule has 0 amide bonds. The van der Waals surface area contributed by atoms with E-state index >= 15 is 0 Å². The van der Waals surface area contributed by atoms with Crippen LogP contribution in [0.5, 0.6) is 0 Å². The first-order chi connectivity index (χ1) is 7.71. The molecule has 88 valence electrons. The van der Waals surface area contributed by atoms with Crippen LogP contribution in [0.25, 0.3) is 0 Å². The van der Waals surface area contributed by atoms with E-state index in [1.807, 2.05) is 0 Å². The monoisotopic (exact) mass is 216 g/mol. The lowest BCUT2D eigenvalue weighted by Gasteiger charge is -2.52. The fourth-order valence-electron chi connectivity index (χ4n) is 5.18. The summed E-state index contributed by atoms with van der Waals surface area (Å²) in [6, 6.07) is 0. The van der Waals surface area contributed by atoms with Crippen molar-refractivity contribution in [3.63, 3.8) is 0 Å². The van der Waals surface area contributed by atoms with E-state index in [0.29, 0.717) is 0 Å². The van der Waals surface area contributed by atoms with Gasteiger partial charge in [-0.3, -0.25) is 0 Å². The first kappa shape index (κ1) is 11.2. The van der Waals surface area contributed by atoms with Crippen molar-refractivity contribution in [2.45, 2.75) is 69.9 Å². The first-order valence-corrected chi connectivity index (χ1v) is 7.71. The third-order valence-electron chi connectivity index (χ3n) is 6.94. The maximum absolute atomic E-state index is 2.51. The molecule has 0 aromatic carbocycles. The van der Waals surface area contributed by atoms with Gasteiger partial charge in [-0.25, -0.2) is 0 Å². The molecule has 0 heterocycles. The standard InChI is InChI=1S/C14H26B2/c15-10-11-2-6-13(11)4-1-5-14(9-8-13)7-3-12(14)16/h11-12H,1-10,15-16H2. The fraction of sp³-hybridized carbons (Fsp3) is 1.00. The van der Waals surface area contributed by atoms with Crippen LogP contribution in [-0.2, 0) is 0 Å². The molecule has 2 spiro atoms. The summed E-state index contributed by atoms with van der Waals surface area (Å²) in [4.78, 5) is 0. The van der Waals surface area contributed by atoms with Crippen LogP contribution in [0.4, 0.5) is 0 Å². The molecule has 0 saturated heterocycles. The second-order valence-corrected chi connectivity index (χ2v) is 7.16. The summed E-state index contributed by atoms with van der Waals surface area (Å²) in [5.41, 5.74) is 1.64. The van der Waals surface area contributed by atoms with E-state index in [9.17, 15) is 0 Å². The normalized spacial score (nSPS) is 52.0. The Balaban J connectivity index is 1.69. The Morgan fingerprint density at radius 2 is 1.56 bits per heavy atom. The van der Waals surface area contributed by atoms with Crippen molar-refractivity contribution < 1.29 is 0 Å². The molecule has 0 N–H and O–H groups in total. The molecule has 0 aromatic rings. The second kappa shape index (κ2) is 3.82. The molecule has 3 fully saturated rings. The third-order valence-corrected chi connectivity index (χ3v) is 6.94. The zero-order valence-corrected chi connectivity index (χ0v) is 11.2. The van der Waals surface area contributed by atoms with Gasteiger partial charge in [-0.2, -0.15) is 0 Å². The molecule has 2 heteroatoms. The van der Waals surface area contributed by atoms with Crippen LogP contribution in [0, 0.1) is 16.7 Å². The summed E-state index contributed by atoms with van der Waals surface area (Å²) in [7, 11) is 4.93. The lowest BCUT2D eigenvalue weighted by Crippen LogP contribution is -2.41. The van der Waals surface area contributed by atoms with Crippen molar-refractivity contribution in [3.05, 3.63) is 0 Å². The van der Waals surface area contributed by atoms with Crippen molar-refractivity contribution >= 4 is 15.7 Å². The highest BCUT2D eigenvalue weighted by Gasteiger charge is 2.51. The van der Waals surface area contributed by atoms with Crippen LogP contribution in [0.1, 0.15) is 57.8 Å². The van der Waals surface area contributed by atoms with Crippen molar-refractivity contribution in [2.24, 2.45) is 16.7 Å². The molecule has 3 rings (SSSR count). The van der Waals surface area contributed by atoms with Gasteiger partial charge in [0, 0.05) is 0 Å². The molecule has 16 heavy (non-hydrogen) atoms. The molecule has 4 unspecified atom stereocenters. The predicted octanol–water partition coefficient (Wildman–Crippen LogP) is 2.60. The summed E-state index contributed by atoms with van der Waals surface area (Å²) >= 11 is 0. The molecule has 0 aliphatic heterocycles. The Kier molecular flexibility index (Phi) is 2.68. The van der Waals surface area contributed by atoms with Gasteiger partial charge in [0.2, 0.25) is 0 Å². The lowest BCUT2D eigenvalue weighted by atomic mass is 9.48. The highest BCUT2D eigenvalue weighted by atomic mass is 14.5. The van der Waals surface area contributed by atoms with Gasteiger partial charge in [0.25, 0.3) is 0 Å². The van der Waals surface area contributed by atoms with Crippen LogP contribution >= 0.6 is 0 Å². The average Bonchev–Trinajstić information content (AvgIpc) is 2.49. The van der Waals surface area contributed by atoms with Gasteiger partial charge in [0.1, 0.15) is 15.7 Å². The zero-order chi connectivity index (χ0) is 11.2. The van der Waals surface area contributed by atoms with E-state index in [2.05, 4.69) is 15.7 Å². The first-order valence-electron chi connectivity index (χ1n) is 7.71. The number of hydrogen-bond donors (Lipinski definition) is 0. The summed E-state index contributed by atoms with van der Waals surface area (Å²) in [6.07, 6.45) is 15.5. The maximum atomic E-state index is 2.51. The highest BCUT2D eigenvalue weighted by molar-refractivity contribution is 6.12. The molecule has 3 saturated carbocycles. The number of hydrogen-bond acceptors (Lipinski definition) is 0. The molecule has 4 atom stereocenters. The molecule has 3 aliphatic carbocycles. The van der Waals surface area contributed by atoms with E-state index in [4.69, 9.17) is 0 Å². The molecule has 0 nitrogen and oxygen atoms in total. The molecule has 0 bridgehead atoms. The van der Waals surface area contributed by atoms with Crippen LogP contribution in [0.2, 0.25) is 12.1 Å². The molecular formula is C14H26B2. The van der Waals surface area contributed by atoms with E-state index in [1.165, 1.54) is 12.7 Å². The van der Waals surface area contributed by atoms with Crippen molar-refractivity contribution in [2.75, 3.05) is 0 Å². The molecule has 3 aliphatic rings. The quantitative estimate of drug-likeness (QED) is 0.591. The van der Waals surface area contributed by atoms with Gasteiger partial charge in [-0.1, -0.05) is 31.4 Å². The van der Waals surface area contributed by atoms with Gasteiger partial charge in [0.15, 0.2) is 0 Å². The predicted molar refractivity (Wildman–Crippen MR) is 75.6 cm³/mol. The number of rotatable bonds is 1. The fourth-order valence-corrected chi connectivity index (χ4v) is 5.18. The van der Waals surface area contributed by atoms with Gasteiger partial charge >= 0.3 is 0 Å². The smallest absolute Gasteiger partial charge is 0.0778 e. The Bertz CT molecular complexity index is 276. The van der Waals surface area contributed by atoms with Crippen molar-refractivity contribution in [1.29, 1.82) is 0 Å². The lowest BCUT2D eigenvalue weighted by molar-refractivity contribution is 0.0168. The topological polar surface area (TPSA) is 0 Å². The minimum absolute atomic E-state index is 0.817.